The summed E-state index contributed by atoms with van der Waals surface area (Å²) in [7, 11) is 0. The molecule has 0 aromatic heterocycles. The minimum absolute atomic E-state index is 0.0998. The van der Waals surface area contributed by atoms with Crippen LogP contribution in [0.15, 0.2) is 48.0 Å². The van der Waals surface area contributed by atoms with E-state index in [0.717, 1.165) is 11.6 Å². The van der Waals surface area contributed by atoms with E-state index in [1.807, 2.05) is 19.1 Å². The number of aromatic hydroxyl groups is 2. The fraction of sp³-hybridized carbons (Fsp3) is 0.0588. The lowest BCUT2D eigenvalue weighted by Crippen LogP contribution is -2.13. The third kappa shape index (κ3) is 3.64. The van der Waals surface area contributed by atoms with Gasteiger partial charge in [0.1, 0.15) is 23.1 Å². The number of phenols is 2. The summed E-state index contributed by atoms with van der Waals surface area (Å²) in [6.45, 7) is 1.93. The van der Waals surface area contributed by atoms with E-state index < -0.39 is 5.91 Å². The van der Waals surface area contributed by atoms with Crippen LogP contribution in [0.4, 0.5) is 5.69 Å². The highest BCUT2D eigenvalue weighted by Crippen LogP contribution is 2.24. The number of rotatable bonds is 3. The molecule has 3 N–H and O–H groups in total. The molecule has 0 fully saturated rings. The summed E-state index contributed by atoms with van der Waals surface area (Å²) in [5.41, 5.74) is 1.75. The molecule has 2 aromatic rings. The number of hydrogen-bond donors (Lipinski definition) is 3. The molecule has 0 saturated carbocycles. The van der Waals surface area contributed by atoms with Gasteiger partial charge in [-0.15, -0.1) is 0 Å². The normalized spacial score (nSPS) is 10.8. The van der Waals surface area contributed by atoms with Crippen LogP contribution < -0.4 is 5.32 Å². The number of nitriles is 1. The van der Waals surface area contributed by atoms with Gasteiger partial charge in [-0.05, 0) is 37.3 Å². The van der Waals surface area contributed by atoms with Crippen molar-refractivity contribution in [2.24, 2.45) is 0 Å². The Hall–Kier alpha value is -3.26. The monoisotopic (exact) mass is 294 g/mol. The molecule has 0 unspecified atom stereocenters. The number of nitrogens with one attached hydrogen (secondary N) is 1. The molecule has 2 rings (SSSR count). The molecule has 22 heavy (non-hydrogen) atoms. The van der Waals surface area contributed by atoms with Crippen LogP contribution in [-0.4, -0.2) is 16.1 Å². The molecule has 0 aliphatic carbocycles. The Labute approximate surface area is 127 Å². The Kier molecular flexibility index (Phi) is 4.44. The van der Waals surface area contributed by atoms with E-state index in [-0.39, 0.29) is 22.6 Å². The lowest BCUT2D eigenvalue weighted by Gasteiger charge is -2.05. The van der Waals surface area contributed by atoms with Gasteiger partial charge in [-0.25, -0.2) is 0 Å². The molecule has 0 radical (unpaired) electrons. The summed E-state index contributed by atoms with van der Waals surface area (Å²) in [4.78, 5) is 12.1. The lowest BCUT2D eigenvalue weighted by atomic mass is 10.1. The quantitative estimate of drug-likeness (QED) is 0.599. The topological polar surface area (TPSA) is 93.4 Å². The fourth-order valence-corrected chi connectivity index (χ4v) is 1.79. The first-order chi connectivity index (χ1) is 10.5. The van der Waals surface area contributed by atoms with Crippen molar-refractivity contribution in [3.05, 3.63) is 59.2 Å². The van der Waals surface area contributed by atoms with E-state index >= 15 is 0 Å². The van der Waals surface area contributed by atoms with Crippen LogP contribution in [0.1, 0.15) is 11.1 Å². The van der Waals surface area contributed by atoms with E-state index in [2.05, 4.69) is 5.32 Å². The Morgan fingerprint density at radius 2 is 1.86 bits per heavy atom. The number of aryl methyl sites for hydroxylation is 1. The van der Waals surface area contributed by atoms with Crippen LogP contribution in [0, 0.1) is 18.3 Å². The molecule has 5 nitrogen and oxygen atoms in total. The van der Waals surface area contributed by atoms with E-state index in [4.69, 9.17) is 5.26 Å². The van der Waals surface area contributed by atoms with Gasteiger partial charge in [0.15, 0.2) is 0 Å². The molecule has 0 atom stereocenters. The molecule has 5 heteroatoms. The highest BCUT2D eigenvalue weighted by Gasteiger charge is 2.11. The lowest BCUT2D eigenvalue weighted by molar-refractivity contribution is -0.112. The van der Waals surface area contributed by atoms with Gasteiger partial charge in [0.25, 0.3) is 5.91 Å². The zero-order chi connectivity index (χ0) is 16.1. The van der Waals surface area contributed by atoms with Crippen molar-refractivity contribution >= 4 is 17.7 Å². The van der Waals surface area contributed by atoms with Crippen molar-refractivity contribution in [2.45, 2.75) is 6.92 Å². The summed E-state index contributed by atoms with van der Waals surface area (Å²) < 4.78 is 0. The van der Waals surface area contributed by atoms with E-state index in [1.54, 1.807) is 18.2 Å². The van der Waals surface area contributed by atoms with Gasteiger partial charge in [0.05, 0.1) is 0 Å². The Balaban J connectivity index is 2.23. The third-order valence-corrected chi connectivity index (χ3v) is 2.99. The molecule has 0 heterocycles. The van der Waals surface area contributed by atoms with Crippen molar-refractivity contribution < 1.29 is 15.0 Å². The second kappa shape index (κ2) is 6.46. The molecule has 0 bridgehead atoms. The summed E-state index contributed by atoms with van der Waals surface area (Å²) in [5, 5.41) is 30.6. The van der Waals surface area contributed by atoms with Crippen molar-refractivity contribution in [2.75, 3.05) is 5.32 Å². The average molecular weight is 294 g/mol. The van der Waals surface area contributed by atoms with E-state index in [0.29, 0.717) is 5.69 Å². The largest absolute Gasteiger partial charge is 0.508 e. The highest BCUT2D eigenvalue weighted by molar-refractivity contribution is 6.09. The maximum Gasteiger partial charge on any atom is 0.266 e. The van der Waals surface area contributed by atoms with Gasteiger partial charge >= 0.3 is 0 Å². The summed E-state index contributed by atoms with van der Waals surface area (Å²) in [6.07, 6.45) is 1.26. The number of amides is 1. The summed E-state index contributed by atoms with van der Waals surface area (Å²) in [5.74, 6) is -0.882. The maximum absolute atomic E-state index is 12.1. The molecule has 1 amide bonds. The maximum atomic E-state index is 12.1. The van der Waals surface area contributed by atoms with Gasteiger partial charge < -0.3 is 15.5 Å². The molecule has 0 aliphatic rings. The van der Waals surface area contributed by atoms with Crippen molar-refractivity contribution in [1.29, 1.82) is 5.26 Å². The minimum atomic E-state index is -0.571. The van der Waals surface area contributed by atoms with Gasteiger partial charge in [-0.1, -0.05) is 17.7 Å². The Morgan fingerprint density at radius 3 is 2.45 bits per heavy atom. The molecule has 0 saturated heterocycles. The third-order valence-electron chi connectivity index (χ3n) is 2.99. The van der Waals surface area contributed by atoms with Crippen LogP contribution in [0.2, 0.25) is 0 Å². The molecule has 110 valence electrons. The molecular formula is C17H14N2O3. The minimum Gasteiger partial charge on any atom is -0.508 e. The van der Waals surface area contributed by atoms with Crippen molar-refractivity contribution in [3.63, 3.8) is 0 Å². The SMILES string of the molecule is Cc1ccc(NC(=O)/C(C#N)=C/c2ccc(O)cc2O)cc1. The standard InChI is InChI=1S/C17H14N2O3/c1-11-2-5-14(6-3-11)19-17(22)13(10-18)8-12-4-7-15(20)9-16(12)21/h2-9,20-21H,1H3,(H,19,22)/b13-8+. The number of carbonyl (C=O) groups is 1. The summed E-state index contributed by atoms with van der Waals surface area (Å²) in [6, 6.07) is 12.9. The van der Waals surface area contributed by atoms with Crippen LogP contribution in [0.3, 0.4) is 0 Å². The predicted octanol–water partition coefficient (Wildman–Crippen LogP) is 2.95. The molecule has 0 spiro atoms. The number of anilines is 1. The van der Waals surface area contributed by atoms with Crippen molar-refractivity contribution in [3.8, 4) is 17.6 Å². The van der Waals surface area contributed by atoms with Gasteiger partial charge in [0, 0.05) is 17.3 Å². The van der Waals surface area contributed by atoms with Gasteiger partial charge in [-0.3, -0.25) is 4.79 Å². The molecule has 0 aliphatic heterocycles. The van der Waals surface area contributed by atoms with Crippen LogP contribution in [0.25, 0.3) is 6.08 Å². The number of carbonyl (C=O) groups excluding carboxylic acids is 1. The first-order valence-electron chi connectivity index (χ1n) is 6.51. The Morgan fingerprint density at radius 1 is 1.18 bits per heavy atom. The smallest absolute Gasteiger partial charge is 0.266 e. The predicted molar refractivity (Wildman–Crippen MR) is 83.2 cm³/mol. The zero-order valence-electron chi connectivity index (χ0n) is 11.9. The van der Waals surface area contributed by atoms with Gasteiger partial charge in [0.2, 0.25) is 0 Å². The van der Waals surface area contributed by atoms with Gasteiger partial charge in [-0.2, -0.15) is 5.26 Å². The molecular weight excluding hydrogens is 280 g/mol. The van der Waals surface area contributed by atoms with E-state index in [9.17, 15) is 15.0 Å². The van der Waals surface area contributed by atoms with E-state index in [1.165, 1.54) is 18.2 Å². The average Bonchev–Trinajstić information content (AvgIpc) is 2.49. The highest BCUT2D eigenvalue weighted by atomic mass is 16.3. The number of benzene rings is 2. The molecule has 2 aromatic carbocycles. The van der Waals surface area contributed by atoms with Crippen LogP contribution >= 0.6 is 0 Å². The van der Waals surface area contributed by atoms with Crippen molar-refractivity contribution in [1.82, 2.24) is 0 Å². The number of hydrogen-bond acceptors (Lipinski definition) is 4. The van der Waals surface area contributed by atoms with Crippen LogP contribution in [0.5, 0.6) is 11.5 Å². The first-order valence-corrected chi connectivity index (χ1v) is 6.51. The second-order valence-corrected chi connectivity index (χ2v) is 4.73. The second-order valence-electron chi connectivity index (χ2n) is 4.73. The number of nitrogens with zero attached hydrogens (tertiary/aromatic N) is 1. The first kappa shape index (κ1) is 15.1. The zero-order valence-corrected chi connectivity index (χ0v) is 11.9. The Bertz CT molecular complexity index is 771. The van der Waals surface area contributed by atoms with Crippen LogP contribution in [-0.2, 0) is 4.79 Å². The fourth-order valence-electron chi connectivity index (χ4n) is 1.79. The number of phenolic OH excluding ortho intramolecular Hbond substituents is 2. The summed E-state index contributed by atoms with van der Waals surface area (Å²) >= 11 is 0.